The maximum Gasteiger partial charge on any atom is 0.315 e. The van der Waals surface area contributed by atoms with Gasteiger partial charge in [-0.05, 0) is 23.6 Å². The van der Waals surface area contributed by atoms with Gasteiger partial charge in [-0.1, -0.05) is 6.07 Å². The first kappa shape index (κ1) is 13.6. The Morgan fingerprint density at radius 1 is 1.37 bits per heavy atom. The molecule has 0 saturated carbocycles. The summed E-state index contributed by atoms with van der Waals surface area (Å²) >= 11 is 1.62. The fourth-order valence-electron chi connectivity index (χ4n) is 1.52. The molecule has 0 saturated heterocycles. The molecule has 0 atom stereocenters. The van der Waals surface area contributed by atoms with Crippen molar-refractivity contribution in [1.82, 2.24) is 10.6 Å². The number of ether oxygens (including phenoxy) is 1. The number of furan rings is 1. The summed E-state index contributed by atoms with van der Waals surface area (Å²) < 4.78 is 10.5. The highest BCUT2D eigenvalue weighted by Gasteiger charge is 2.06. The lowest BCUT2D eigenvalue weighted by atomic mass is 10.3. The van der Waals surface area contributed by atoms with Crippen molar-refractivity contribution in [2.45, 2.75) is 6.54 Å². The molecule has 2 aromatic rings. The van der Waals surface area contributed by atoms with Crippen molar-refractivity contribution >= 4 is 17.4 Å². The van der Waals surface area contributed by atoms with Crippen LogP contribution in [0.5, 0.6) is 0 Å². The normalized spacial score (nSPS) is 10.4. The molecule has 0 fully saturated rings. The maximum absolute atomic E-state index is 11.4. The van der Waals surface area contributed by atoms with E-state index in [9.17, 15) is 4.79 Å². The van der Waals surface area contributed by atoms with Crippen LogP contribution in [0.25, 0.3) is 10.6 Å². The van der Waals surface area contributed by atoms with Crippen LogP contribution >= 0.6 is 11.3 Å². The van der Waals surface area contributed by atoms with Crippen LogP contribution in [0.3, 0.4) is 0 Å². The molecule has 0 radical (unpaired) electrons. The van der Waals surface area contributed by atoms with Crippen LogP contribution in [-0.4, -0.2) is 26.3 Å². The Hall–Kier alpha value is -1.79. The molecular formula is C13H16N2O3S. The summed E-state index contributed by atoms with van der Waals surface area (Å²) in [6.07, 6.45) is 0. The first-order chi connectivity index (χ1) is 9.29. The molecule has 6 heteroatoms. The quantitative estimate of drug-likeness (QED) is 0.799. The first-order valence-electron chi connectivity index (χ1n) is 5.93. The average molecular weight is 280 g/mol. The van der Waals surface area contributed by atoms with E-state index in [0.29, 0.717) is 19.7 Å². The highest BCUT2D eigenvalue weighted by molar-refractivity contribution is 7.13. The van der Waals surface area contributed by atoms with E-state index in [1.54, 1.807) is 18.4 Å². The zero-order chi connectivity index (χ0) is 13.5. The molecule has 0 aliphatic carbocycles. The molecule has 2 N–H and O–H groups in total. The van der Waals surface area contributed by atoms with Crippen molar-refractivity contribution in [3.8, 4) is 10.6 Å². The van der Waals surface area contributed by atoms with Crippen LogP contribution in [-0.2, 0) is 11.3 Å². The van der Waals surface area contributed by atoms with E-state index < -0.39 is 0 Å². The van der Waals surface area contributed by atoms with Crippen LogP contribution < -0.4 is 10.6 Å². The molecule has 0 aliphatic heterocycles. The molecule has 2 amide bonds. The summed E-state index contributed by atoms with van der Waals surface area (Å²) in [7, 11) is 1.59. The van der Waals surface area contributed by atoms with Gasteiger partial charge in [-0.15, -0.1) is 11.3 Å². The smallest absolute Gasteiger partial charge is 0.315 e. The number of urea groups is 1. The molecule has 102 valence electrons. The Labute approximate surface area is 115 Å². The number of rotatable bonds is 6. The standard InChI is InChI=1S/C13H16N2O3S/c1-17-7-6-14-13(16)15-9-10-4-5-11(18-10)12-3-2-8-19-12/h2-5,8H,6-7,9H2,1H3,(H2,14,15,16). The number of nitrogens with one attached hydrogen (secondary N) is 2. The zero-order valence-corrected chi connectivity index (χ0v) is 11.5. The second kappa shape index (κ2) is 6.96. The van der Waals surface area contributed by atoms with Gasteiger partial charge in [0.05, 0.1) is 18.0 Å². The minimum absolute atomic E-state index is 0.230. The van der Waals surface area contributed by atoms with Gasteiger partial charge in [-0.2, -0.15) is 0 Å². The third-order valence-corrected chi connectivity index (χ3v) is 3.33. The predicted octanol–water partition coefficient (Wildman–Crippen LogP) is 2.45. The molecule has 0 aliphatic rings. The van der Waals surface area contributed by atoms with Gasteiger partial charge in [0.2, 0.25) is 0 Å². The van der Waals surface area contributed by atoms with E-state index in [1.165, 1.54) is 0 Å². The van der Waals surface area contributed by atoms with Crippen molar-refractivity contribution < 1.29 is 13.9 Å². The summed E-state index contributed by atoms with van der Waals surface area (Å²) in [5.74, 6) is 1.55. The highest BCUT2D eigenvalue weighted by Crippen LogP contribution is 2.26. The molecule has 0 spiro atoms. The monoisotopic (exact) mass is 280 g/mol. The van der Waals surface area contributed by atoms with Crippen LogP contribution in [0.15, 0.2) is 34.1 Å². The van der Waals surface area contributed by atoms with Crippen molar-refractivity contribution in [3.05, 3.63) is 35.4 Å². The fourth-order valence-corrected chi connectivity index (χ4v) is 2.21. The number of amides is 2. The highest BCUT2D eigenvalue weighted by atomic mass is 32.1. The lowest BCUT2D eigenvalue weighted by molar-refractivity contribution is 0.195. The zero-order valence-electron chi connectivity index (χ0n) is 10.6. The SMILES string of the molecule is COCCNC(=O)NCc1ccc(-c2cccs2)o1. The van der Waals surface area contributed by atoms with Crippen LogP contribution in [0, 0.1) is 0 Å². The number of hydrogen-bond acceptors (Lipinski definition) is 4. The fraction of sp³-hybridized carbons (Fsp3) is 0.308. The molecule has 19 heavy (non-hydrogen) atoms. The van der Waals surface area contributed by atoms with E-state index in [0.717, 1.165) is 16.4 Å². The molecule has 2 heterocycles. The maximum atomic E-state index is 11.4. The van der Waals surface area contributed by atoms with Crippen molar-refractivity contribution in [1.29, 1.82) is 0 Å². The van der Waals surface area contributed by atoms with Gasteiger partial charge in [-0.3, -0.25) is 0 Å². The van der Waals surface area contributed by atoms with Crippen molar-refractivity contribution in [2.75, 3.05) is 20.3 Å². The molecule has 2 aromatic heterocycles. The second-order valence-electron chi connectivity index (χ2n) is 3.85. The Morgan fingerprint density at radius 2 is 2.26 bits per heavy atom. The minimum Gasteiger partial charge on any atom is -0.458 e. The van der Waals surface area contributed by atoms with Gasteiger partial charge in [0.1, 0.15) is 11.5 Å². The van der Waals surface area contributed by atoms with Gasteiger partial charge < -0.3 is 19.8 Å². The lowest BCUT2D eigenvalue weighted by Gasteiger charge is -2.05. The van der Waals surface area contributed by atoms with Gasteiger partial charge in [-0.25, -0.2) is 4.79 Å². The summed E-state index contributed by atoms with van der Waals surface area (Å²) in [5, 5.41) is 7.39. The Morgan fingerprint density at radius 3 is 3.00 bits per heavy atom. The molecule has 5 nitrogen and oxygen atoms in total. The lowest BCUT2D eigenvalue weighted by Crippen LogP contribution is -2.36. The van der Waals surface area contributed by atoms with Crippen LogP contribution in [0.1, 0.15) is 5.76 Å². The van der Waals surface area contributed by atoms with Gasteiger partial charge in [0.15, 0.2) is 0 Å². The third-order valence-electron chi connectivity index (χ3n) is 2.44. The van der Waals surface area contributed by atoms with Gasteiger partial charge in [0.25, 0.3) is 0 Å². The third kappa shape index (κ3) is 4.11. The molecule has 2 rings (SSSR count). The van der Waals surface area contributed by atoms with E-state index in [2.05, 4.69) is 10.6 Å². The van der Waals surface area contributed by atoms with E-state index in [1.807, 2.05) is 29.6 Å². The van der Waals surface area contributed by atoms with E-state index in [4.69, 9.17) is 9.15 Å². The summed E-state index contributed by atoms with van der Waals surface area (Å²) in [6, 6.07) is 7.52. The number of methoxy groups -OCH3 is 1. The number of hydrogen-bond donors (Lipinski definition) is 2. The minimum atomic E-state index is -0.230. The van der Waals surface area contributed by atoms with E-state index in [-0.39, 0.29) is 6.03 Å². The van der Waals surface area contributed by atoms with Crippen molar-refractivity contribution in [2.24, 2.45) is 0 Å². The predicted molar refractivity (Wildman–Crippen MR) is 74.1 cm³/mol. The molecule has 0 unspecified atom stereocenters. The van der Waals surface area contributed by atoms with Crippen molar-refractivity contribution in [3.63, 3.8) is 0 Å². The average Bonchev–Trinajstić information content (AvgIpc) is 3.07. The Kier molecular flexibility index (Phi) is 5.00. The number of carbonyl (C=O) groups is 1. The molecular weight excluding hydrogens is 264 g/mol. The summed E-state index contributed by atoms with van der Waals surface area (Å²) in [4.78, 5) is 12.5. The molecule has 0 bridgehead atoms. The second-order valence-corrected chi connectivity index (χ2v) is 4.79. The largest absolute Gasteiger partial charge is 0.458 e. The number of carbonyl (C=O) groups excluding carboxylic acids is 1. The van der Waals surface area contributed by atoms with Gasteiger partial charge in [0, 0.05) is 13.7 Å². The summed E-state index contributed by atoms with van der Waals surface area (Å²) in [5.41, 5.74) is 0. The Balaban J connectivity index is 1.79. The van der Waals surface area contributed by atoms with E-state index >= 15 is 0 Å². The van der Waals surface area contributed by atoms with Gasteiger partial charge >= 0.3 is 6.03 Å². The molecule has 0 aromatic carbocycles. The number of thiophene rings is 1. The Bertz CT molecular complexity index is 508. The van der Waals surface area contributed by atoms with Crippen LogP contribution in [0.2, 0.25) is 0 Å². The topological polar surface area (TPSA) is 63.5 Å². The first-order valence-corrected chi connectivity index (χ1v) is 6.81. The summed E-state index contributed by atoms with van der Waals surface area (Å²) in [6.45, 7) is 1.35. The van der Waals surface area contributed by atoms with Crippen LogP contribution in [0.4, 0.5) is 4.79 Å².